The molecule has 0 radical (unpaired) electrons. The van der Waals surface area contributed by atoms with E-state index < -0.39 is 5.97 Å². The topological polar surface area (TPSA) is 139 Å². The summed E-state index contributed by atoms with van der Waals surface area (Å²) in [4.78, 5) is 24.3. The molecule has 0 spiro atoms. The first kappa shape index (κ1) is 25.4. The number of anilines is 1. The van der Waals surface area contributed by atoms with Gasteiger partial charge in [-0.2, -0.15) is 0 Å². The van der Waals surface area contributed by atoms with Crippen LogP contribution in [0.1, 0.15) is 55.5 Å². The third-order valence-electron chi connectivity index (χ3n) is 4.11. The number of hydrogen-bond donors (Lipinski definition) is 2. The number of aromatic hydroxyl groups is 1. The van der Waals surface area contributed by atoms with E-state index in [9.17, 15) is 14.7 Å². The molecule has 0 aromatic heterocycles. The first-order valence-corrected chi connectivity index (χ1v) is 9.16. The molecule has 28 heavy (non-hydrogen) atoms. The van der Waals surface area contributed by atoms with Gasteiger partial charge in [-0.05, 0) is 37.0 Å². The number of fused-ring (bicyclic) bond motifs is 1. The average Bonchev–Trinajstić information content (AvgIpc) is 2.61. The number of rotatable bonds is 3. The summed E-state index contributed by atoms with van der Waals surface area (Å²) in [5.41, 5.74) is 1.54. The van der Waals surface area contributed by atoms with Crippen LogP contribution < -0.4 is 5.32 Å². The third kappa shape index (κ3) is 7.54. The molecule has 156 valence electrons. The van der Waals surface area contributed by atoms with Crippen molar-refractivity contribution in [1.82, 2.24) is 0 Å². The van der Waals surface area contributed by atoms with Crippen LogP contribution in [0, 0.1) is 5.92 Å². The number of hydrogen-bond acceptors (Lipinski definition) is 5. The Labute approximate surface area is 165 Å². The summed E-state index contributed by atoms with van der Waals surface area (Å²) >= 11 is 0. The monoisotopic (exact) mass is 393 g/mol. The Kier molecular flexibility index (Phi) is 11.5. The maximum atomic E-state index is 12.5. The van der Waals surface area contributed by atoms with Crippen molar-refractivity contribution >= 4 is 23.5 Å². The molecule has 0 fully saturated rings. The fraction of sp³-hybridized carbons (Fsp3) is 0.429. The van der Waals surface area contributed by atoms with E-state index in [1.165, 1.54) is 0 Å². The molecule has 1 aromatic rings. The highest BCUT2D eigenvalue weighted by Crippen LogP contribution is 2.29. The van der Waals surface area contributed by atoms with Gasteiger partial charge in [-0.1, -0.05) is 32.1 Å². The molecule has 1 atom stereocenters. The van der Waals surface area contributed by atoms with Gasteiger partial charge in [0.2, 0.25) is 0 Å². The molecule has 2 rings (SSSR count). The first-order chi connectivity index (χ1) is 12.5. The van der Waals surface area contributed by atoms with E-state index in [0.717, 1.165) is 31.5 Å². The van der Waals surface area contributed by atoms with Crippen molar-refractivity contribution in [3.63, 3.8) is 0 Å². The largest absolute Gasteiger partial charge is 0.507 e. The maximum Gasteiger partial charge on any atom is 0.342 e. The normalized spacial score (nSPS) is 19.7. The lowest BCUT2D eigenvalue weighted by molar-refractivity contribution is -0.114. The van der Waals surface area contributed by atoms with Gasteiger partial charge < -0.3 is 26.1 Å². The molecule has 0 amide bonds. The highest BCUT2D eigenvalue weighted by atomic mass is 16.5. The Bertz CT molecular complexity index is 711. The molecule has 0 saturated heterocycles. The molecule has 7 nitrogen and oxygen atoms in total. The molecule has 0 unspecified atom stereocenters. The lowest BCUT2D eigenvalue weighted by Gasteiger charge is -2.14. The van der Waals surface area contributed by atoms with Crippen LogP contribution >= 0.6 is 0 Å². The molecule has 0 bridgehead atoms. The summed E-state index contributed by atoms with van der Waals surface area (Å²) in [6.07, 6.45) is 9.95. The molecular weight excluding hydrogens is 362 g/mol. The number of phenols is 1. The van der Waals surface area contributed by atoms with Crippen LogP contribution in [0.25, 0.3) is 6.08 Å². The summed E-state index contributed by atoms with van der Waals surface area (Å²) in [5, 5.41) is 13.6. The number of cyclic esters (lactones) is 1. The first-order valence-electron chi connectivity index (χ1n) is 9.16. The summed E-state index contributed by atoms with van der Waals surface area (Å²) < 4.78 is 5.35. The van der Waals surface area contributed by atoms with Crippen molar-refractivity contribution in [3.05, 3.63) is 41.5 Å². The molecule has 1 aromatic carbocycles. The molecule has 1 aliphatic heterocycles. The van der Waals surface area contributed by atoms with Crippen LogP contribution in [-0.4, -0.2) is 41.0 Å². The Hall–Kier alpha value is -2.64. The number of phenolic OH excluding ortho intramolecular Hbond substituents is 1. The quantitative estimate of drug-likeness (QED) is 0.760. The third-order valence-corrected chi connectivity index (χ3v) is 4.11. The Morgan fingerprint density at radius 3 is 2.68 bits per heavy atom. The van der Waals surface area contributed by atoms with Gasteiger partial charge in [0.25, 0.3) is 0 Å². The number of esters is 1. The SMILES string of the molecule is CCCNc1cc(O)c2c(c1)/C=C/CCCC(=O)/C=C\[C@@H](C)COC2=O.O.O. The summed E-state index contributed by atoms with van der Waals surface area (Å²) in [5.74, 6) is -0.649. The minimum atomic E-state index is -0.562. The molecule has 0 aliphatic carbocycles. The van der Waals surface area contributed by atoms with Crippen LogP contribution in [-0.2, 0) is 9.53 Å². The predicted octanol–water partition coefficient (Wildman–Crippen LogP) is 2.68. The van der Waals surface area contributed by atoms with Gasteiger partial charge in [-0.3, -0.25) is 4.79 Å². The second kappa shape index (κ2) is 12.7. The highest BCUT2D eigenvalue weighted by molar-refractivity contribution is 5.97. The molecule has 7 heteroatoms. The van der Waals surface area contributed by atoms with Gasteiger partial charge in [0.15, 0.2) is 5.78 Å². The van der Waals surface area contributed by atoms with E-state index in [0.29, 0.717) is 12.0 Å². The van der Waals surface area contributed by atoms with Crippen molar-refractivity contribution in [2.24, 2.45) is 5.92 Å². The molecule has 0 saturated carbocycles. The number of nitrogens with one attached hydrogen (secondary N) is 1. The lowest BCUT2D eigenvalue weighted by Crippen LogP contribution is -2.13. The van der Waals surface area contributed by atoms with Crippen LogP contribution in [0.4, 0.5) is 5.69 Å². The zero-order valence-electron chi connectivity index (χ0n) is 16.5. The zero-order valence-corrected chi connectivity index (χ0v) is 16.5. The second-order valence-corrected chi connectivity index (χ2v) is 6.58. The van der Waals surface area contributed by atoms with Gasteiger partial charge in [-0.25, -0.2) is 4.79 Å². The van der Waals surface area contributed by atoms with Crippen molar-refractivity contribution in [1.29, 1.82) is 0 Å². The minimum absolute atomic E-state index is 0. The fourth-order valence-corrected chi connectivity index (χ4v) is 2.67. The number of carbonyl (C=O) groups excluding carboxylic acids is 2. The number of allylic oxidation sites excluding steroid dienone is 2. The molecule has 1 aliphatic rings. The van der Waals surface area contributed by atoms with E-state index in [2.05, 4.69) is 12.2 Å². The molecule has 6 N–H and O–H groups in total. The minimum Gasteiger partial charge on any atom is -0.507 e. The van der Waals surface area contributed by atoms with Crippen LogP contribution in [0.15, 0.2) is 30.4 Å². The maximum absolute atomic E-state index is 12.5. The molecular formula is C21H31NO6. The number of ketones is 1. The summed E-state index contributed by atoms with van der Waals surface area (Å²) in [6, 6.07) is 3.39. The van der Waals surface area contributed by atoms with Gasteiger partial charge in [-0.15, -0.1) is 0 Å². The number of benzene rings is 1. The van der Waals surface area contributed by atoms with E-state index in [1.807, 2.05) is 25.1 Å². The van der Waals surface area contributed by atoms with Crippen LogP contribution in [0.3, 0.4) is 0 Å². The second-order valence-electron chi connectivity index (χ2n) is 6.58. The van der Waals surface area contributed by atoms with Gasteiger partial charge >= 0.3 is 5.97 Å². The number of ether oxygens (including phenoxy) is 1. The standard InChI is InChI=1S/C21H27NO4.2H2O/c1-3-11-22-17-12-16-7-5-4-6-8-18(23)10-9-15(2)14-26-21(25)20(16)19(24)13-17;;/h5,7,9-10,12-13,15,22,24H,3-4,6,8,11,14H2,1-2H3;2*1H2/b7-5+,10-9-;;/t15-;;/m1../s1. The van der Waals surface area contributed by atoms with Crippen molar-refractivity contribution in [2.45, 2.75) is 39.5 Å². The van der Waals surface area contributed by atoms with Crippen LogP contribution in [0.5, 0.6) is 5.75 Å². The van der Waals surface area contributed by atoms with Crippen molar-refractivity contribution in [3.8, 4) is 5.75 Å². The average molecular weight is 393 g/mol. The summed E-state index contributed by atoms with van der Waals surface area (Å²) in [6.45, 7) is 4.86. The molecule has 1 heterocycles. The van der Waals surface area contributed by atoms with Crippen LogP contribution in [0.2, 0.25) is 0 Å². The van der Waals surface area contributed by atoms with Gasteiger partial charge in [0.05, 0.1) is 6.61 Å². The smallest absolute Gasteiger partial charge is 0.342 e. The lowest BCUT2D eigenvalue weighted by atomic mass is 10.0. The fourth-order valence-electron chi connectivity index (χ4n) is 2.67. The van der Waals surface area contributed by atoms with Crippen molar-refractivity contribution in [2.75, 3.05) is 18.5 Å². The summed E-state index contributed by atoms with van der Waals surface area (Å²) in [7, 11) is 0. The van der Waals surface area contributed by atoms with Gasteiger partial charge in [0, 0.05) is 30.6 Å². The Morgan fingerprint density at radius 1 is 1.21 bits per heavy atom. The van der Waals surface area contributed by atoms with E-state index in [4.69, 9.17) is 4.74 Å². The Balaban J connectivity index is 0.00000364. The highest BCUT2D eigenvalue weighted by Gasteiger charge is 2.19. The number of carbonyl (C=O) groups is 2. The van der Waals surface area contributed by atoms with E-state index in [-0.39, 0.29) is 40.6 Å². The van der Waals surface area contributed by atoms with E-state index >= 15 is 0 Å². The predicted molar refractivity (Wildman–Crippen MR) is 111 cm³/mol. The van der Waals surface area contributed by atoms with E-state index in [1.54, 1.807) is 18.2 Å². The Morgan fingerprint density at radius 2 is 1.96 bits per heavy atom. The van der Waals surface area contributed by atoms with Crippen molar-refractivity contribution < 1.29 is 30.4 Å². The van der Waals surface area contributed by atoms with Gasteiger partial charge in [0.1, 0.15) is 11.3 Å². The zero-order chi connectivity index (χ0) is 18.9.